The molecule has 3 heterocycles. The number of hydrogen-bond donors (Lipinski definition) is 1. The topological polar surface area (TPSA) is 89.0 Å². The number of carbonyl (C=O) groups excluding carboxylic acids is 2. The monoisotopic (exact) mass is 452 g/mol. The average Bonchev–Trinajstić information content (AvgIpc) is 3.38. The minimum Gasteiger partial charge on any atom is -0.507 e. The highest BCUT2D eigenvalue weighted by molar-refractivity contribution is 6.51. The van der Waals surface area contributed by atoms with Gasteiger partial charge in [0.25, 0.3) is 11.7 Å². The van der Waals surface area contributed by atoms with Crippen molar-refractivity contribution in [2.24, 2.45) is 0 Å². The molecule has 32 heavy (non-hydrogen) atoms. The highest BCUT2D eigenvalue weighted by atomic mass is 35.5. The Bertz CT molecular complexity index is 1290. The van der Waals surface area contributed by atoms with Crippen LogP contribution in [0.5, 0.6) is 11.5 Å². The van der Waals surface area contributed by atoms with Gasteiger partial charge in [-0.15, -0.1) is 0 Å². The molecule has 7 nitrogen and oxygen atoms in total. The summed E-state index contributed by atoms with van der Waals surface area (Å²) in [5.41, 5.74) is 0.899. The molecule has 0 spiro atoms. The van der Waals surface area contributed by atoms with Gasteiger partial charge in [0.1, 0.15) is 11.6 Å². The second kappa shape index (κ2) is 7.65. The Labute approximate surface area is 186 Å². The van der Waals surface area contributed by atoms with Crippen molar-refractivity contribution in [3.8, 4) is 11.5 Å². The van der Waals surface area contributed by atoms with Crippen molar-refractivity contribution in [3.63, 3.8) is 0 Å². The van der Waals surface area contributed by atoms with Gasteiger partial charge in [0.2, 0.25) is 6.79 Å². The van der Waals surface area contributed by atoms with Crippen molar-refractivity contribution in [2.45, 2.75) is 6.04 Å². The van der Waals surface area contributed by atoms with E-state index in [-0.39, 0.29) is 34.4 Å². The number of Topliss-reactive ketones (excluding diaryl/α,β-unsaturated/α-hetero) is 1. The number of nitrogens with zero attached hydrogens (tertiary/aromatic N) is 2. The third-order valence-corrected chi connectivity index (χ3v) is 5.58. The third kappa shape index (κ3) is 3.16. The van der Waals surface area contributed by atoms with Crippen LogP contribution in [0.25, 0.3) is 5.76 Å². The summed E-state index contributed by atoms with van der Waals surface area (Å²) in [6, 6.07) is 10.7. The Morgan fingerprint density at radius 2 is 1.81 bits per heavy atom. The van der Waals surface area contributed by atoms with Crippen molar-refractivity contribution in [1.29, 1.82) is 0 Å². The summed E-state index contributed by atoms with van der Waals surface area (Å²) in [7, 11) is 0. The third-order valence-electron chi connectivity index (χ3n) is 5.29. The molecular weight excluding hydrogens is 439 g/mol. The molecule has 1 saturated heterocycles. The number of rotatable bonds is 3. The molecule has 160 valence electrons. The SMILES string of the molecule is O=C1C(=O)N(c2ccc(F)c(Cl)c2)C(c2ccncc2)/C1=C(/O)c1ccc2c(c1)OCO2. The number of aromatic nitrogens is 1. The van der Waals surface area contributed by atoms with Crippen LogP contribution in [0.4, 0.5) is 10.1 Å². The van der Waals surface area contributed by atoms with Crippen LogP contribution in [-0.2, 0) is 9.59 Å². The van der Waals surface area contributed by atoms with Crippen LogP contribution >= 0.6 is 11.6 Å². The lowest BCUT2D eigenvalue weighted by molar-refractivity contribution is -0.132. The number of aliphatic hydroxyl groups is 1. The van der Waals surface area contributed by atoms with E-state index in [0.29, 0.717) is 17.1 Å². The number of anilines is 1. The van der Waals surface area contributed by atoms with Crippen LogP contribution in [0.2, 0.25) is 5.02 Å². The molecule has 2 aliphatic heterocycles. The number of ketones is 1. The van der Waals surface area contributed by atoms with Gasteiger partial charge in [-0.05, 0) is 54.1 Å². The lowest BCUT2D eigenvalue weighted by Crippen LogP contribution is -2.29. The maximum atomic E-state index is 13.7. The van der Waals surface area contributed by atoms with Crippen molar-refractivity contribution >= 4 is 34.7 Å². The molecule has 5 rings (SSSR count). The van der Waals surface area contributed by atoms with Gasteiger partial charge in [0, 0.05) is 23.6 Å². The average molecular weight is 453 g/mol. The molecule has 2 aromatic carbocycles. The van der Waals surface area contributed by atoms with Gasteiger partial charge in [0.15, 0.2) is 11.5 Å². The zero-order chi connectivity index (χ0) is 22.4. The summed E-state index contributed by atoms with van der Waals surface area (Å²) < 4.78 is 24.4. The quantitative estimate of drug-likeness (QED) is 0.363. The van der Waals surface area contributed by atoms with Crippen molar-refractivity contribution in [1.82, 2.24) is 4.98 Å². The number of fused-ring (bicyclic) bond motifs is 1. The number of pyridine rings is 1. The zero-order valence-corrected chi connectivity index (χ0v) is 17.0. The van der Waals surface area contributed by atoms with E-state index in [1.54, 1.807) is 24.3 Å². The van der Waals surface area contributed by atoms with E-state index in [0.717, 1.165) is 6.07 Å². The zero-order valence-electron chi connectivity index (χ0n) is 16.3. The summed E-state index contributed by atoms with van der Waals surface area (Å²) in [5.74, 6) is -1.88. The molecule has 1 N–H and O–H groups in total. The molecule has 0 bridgehead atoms. The van der Waals surface area contributed by atoms with Gasteiger partial charge < -0.3 is 14.6 Å². The number of halogens is 2. The van der Waals surface area contributed by atoms with E-state index in [1.807, 2.05) is 0 Å². The molecule has 3 aromatic rings. The highest BCUT2D eigenvalue weighted by Crippen LogP contribution is 2.43. The number of hydrogen-bond acceptors (Lipinski definition) is 6. The largest absolute Gasteiger partial charge is 0.507 e. The normalized spacial score (nSPS) is 18.9. The fourth-order valence-corrected chi connectivity index (χ4v) is 3.97. The number of benzene rings is 2. The first-order valence-electron chi connectivity index (χ1n) is 9.51. The Hall–Kier alpha value is -3.91. The van der Waals surface area contributed by atoms with Gasteiger partial charge in [-0.2, -0.15) is 0 Å². The molecule has 0 aliphatic carbocycles. The van der Waals surface area contributed by atoms with E-state index in [4.69, 9.17) is 21.1 Å². The smallest absolute Gasteiger partial charge is 0.300 e. The molecule has 1 atom stereocenters. The van der Waals surface area contributed by atoms with Gasteiger partial charge in [-0.1, -0.05) is 11.6 Å². The van der Waals surface area contributed by atoms with Crippen molar-refractivity contribution in [3.05, 3.63) is 88.5 Å². The van der Waals surface area contributed by atoms with E-state index < -0.39 is 23.5 Å². The summed E-state index contributed by atoms with van der Waals surface area (Å²) in [6.07, 6.45) is 3.02. The Morgan fingerprint density at radius 3 is 2.56 bits per heavy atom. The predicted molar refractivity (Wildman–Crippen MR) is 113 cm³/mol. The van der Waals surface area contributed by atoms with Crippen LogP contribution in [0, 0.1) is 5.82 Å². The second-order valence-electron chi connectivity index (χ2n) is 7.12. The van der Waals surface area contributed by atoms with Gasteiger partial charge in [-0.3, -0.25) is 19.5 Å². The molecule has 9 heteroatoms. The second-order valence-corrected chi connectivity index (χ2v) is 7.52. The van der Waals surface area contributed by atoms with Gasteiger partial charge in [-0.25, -0.2) is 4.39 Å². The summed E-state index contributed by atoms with van der Waals surface area (Å²) >= 11 is 5.92. The Balaban J connectivity index is 1.70. The van der Waals surface area contributed by atoms with Gasteiger partial charge >= 0.3 is 0 Å². The van der Waals surface area contributed by atoms with Crippen LogP contribution in [0.3, 0.4) is 0 Å². The molecule has 1 aromatic heterocycles. The Morgan fingerprint density at radius 1 is 1.06 bits per heavy atom. The lowest BCUT2D eigenvalue weighted by Gasteiger charge is -2.25. The fraction of sp³-hybridized carbons (Fsp3) is 0.0870. The van der Waals surface area contributed by atoms with Crippen LogP contribution < -0.4 is 14.4 Å². The summed E-state index contributed by atoms with van der Waals surface area (Å²) in [6.45, 7) is 0.0479. The predicted octanol–water partition coefficient (Wildman–Crippen LogP) is 4.23. The van der Waals surface area contributed by atoms with E-state index in [2.05, 4.69) is 4.98 Å². The number of amides is 1. The first-order valence-corrected chi connectivity index (χ1v) is 9.89. The first kappa shape index (κ1) is 20.0. The highest BCUT2D eigenvalue weighted by Gasteiger charge is 2.47. The van der Waals surface area contributed by atoms with E-state index in [9.17, 15) is 19.1 Å². The summed E-state index contributed by atoms with van der Waals surface area (Å²) in [4.78, 5) is 31.3. The number of aliphatic hydroxyl groups excluding tert-OH is 1. The molecule has 2 aliphatic rings. The molecular formula is C23H14ClFN2O5. The molecule has 0 saturated carbocycles. The minimum absolute atomic E-state index is 0.0479. The molecule has 1 amide bonds. The number of ether oxygens (including phenoxy) is 2. The molecule has 1 unspecified atom stereocenters. The molecule has 0 radical (unpaired) electrons. The summed E-state index contributed by atoms with van der Waals surface area (Å²) in [5, 5.41) is 10.9. The van der Waals surface area contributed by atoms with Crippen LogP contribution in [0.15, 0.2) is 66.5 Å². The van der Waals surface area contributed by atoms with E-state index >= 15 is 0 Å². The van der Waals surface area contributed by atoms with Gasteiger partial charge in [0.05, 0.1) is 16.6 Å². The van der Waals surface area contributed by atoms with Crippen LogP contribution in [0.1, 0.15) is 17.2 Å². The van der Waals surface area contributed by atoms with Crippen molar-refractivity contribution < 1.29 is 28.6 Å². The standard InChI is InChI=1S/C23H14ClFN2O5/c24-15-10-14(2-3-16(15)25)27-20(12-5-7-26-8-6-12)19(22(29)23(27)30)21(28)13-1-4-17-18(9-13)32-11-31-17/h1-10,20,28H,11H2/b21-19-. The molecule has 1 fully saturated rings. The van der Waals surface area contributed by atoms with Crippen LogP contribution in [-0.4, -0.2) is 28.6 Å². The number of carbonyl (C=O) groups is 2. The minimum atomic E-state index is -0.982. The maximum absolute atomic E-state index is 13.7. The maximum Gasteiger partial charge on any atom is 0.300 e. The first-order chi connectivity index (χ1) is 15.5. The lowest BCUT2D eigenvalue weighted by atomic mass is 9.95. The Kier molecular flexibility index (Phi) is 4.79. The van der Waals surface area contributed by atoms with E-state index in [1.165, 1.54) is 35.5 Å². The fourth-order valence-electron chi connectivity index (χ4n) is 3.79. The van der Waals surface area contributed by atoms with Crippen molar-refractivity contribution in [2.75, 3.05) is 11.7 Å².